The number of imidazole rings is 1. The number of hydrogen-bond acceptors (Lipinski definition) is 7. The number of carbonyl (C=O) groups is 2. The maximum absolute atomic E-state index is 15.6. The molecule has 3 atom stereocenters. The van der Waals surface area contributed by atoms with E-state index in [2.05, 4.69) is 37.6 Å². The van der Waals surface area contributed by atoms with Crippen LogP contribution < -0.4 is 16.0 Å². The maximum Gasteiger partial charge on any atom is 0.407 e. The summed E-state index contributed by atoms with van der Waals surface area (Å²) < 4.78 is 35.8. The van der Waals surface area contributed by atoms with E-state index in [1.54, 1.807) is 59.6 Å². The average molecular weight is 668 g/mol. The van der Waals surface area contributed by atoms with Crippen LogP contribution in [0.15, 0.2) is 84.1 Å². The van der Waals surface area contributed by atoms with Gasteiger partial charge in [0.05, 0.1) is 30.7 Å². The number of likely N-dealkylation sites (tertiary alicyclic amines) is 1. The normalized spacial score (nSPS) is 18.3. The van der Waals surface area contributed by atoms with Crippen molar-refractivity contribution < 1.29 is 23.1 Å². The van der Waals surface area contributed by atoms with Gasteiger partial charge in [-0.25, -0.2) is 18.6 Å². The molecule has 1 aromatic heterocycles. The van der Waals surface area contributed by atoms with Gasteiger partial charge >= 0.3 is 6.09 Å². The number of aromatic nitrogens is 2. The van der Waals surface area contributed by atoms with Crippen molar-refractivity contribution in [1.82, 2.24) is 30.8 Å². The second-order valence-electron chi connectivity index (χ2n) is 12.1. The van der Waals surface area contributed by atoms with E-state index in [4.69, 9.17) is 4.74 Å². The van der Waals surface area contributed by atoms with Crippen LogP contribution in [0.3, 0.4) is 0 Å². The molecule has 2 aliphatic heterocycles. The summed E-state index contributed by atoms with van der Waals surface area (Å²) in [7, 11) is 1.25. The zero-order valence-electron chi connectivity index (χ0n) is 27.2. The highest BCUT2D eigenvalue weighted by atomic mass is 19.1. The van der Waals surface area contributed by atoms with E-state index < -0.39 is 29.8 Å². The average Bonchev–Trinajstić information content (AvgIpc) is 3.92. The molecular weight excluding hydrogens is 628 g/mol. The lowest BCUT2D eigenvalue weighted by Crippen LogP contribution is -2.42. The molecule has 254 valence electrons. The summed E-state index contributed by atoms with van der Waals surface area (Å²) in [6, 6.07) is 17.4. The maximum atomic E-state index is 15.6. The monoisotopic (exact) mass is 667 g/mol. The molecule has 49 heavy (non-hydrogen) atoms. The molecule has 2 fully saturated rings. The van der Waals surface area contributed by atoms with Crippen molar-refractivity contribution >= 4 is 24.4 Å². The summed E-state index contributed by atoms with van der Waals surface area (Å²) in [6.45, 7) is 5.60. The highest BCUT2D eigenvalue weighted by Gasteiger charge is 2.37. The Balaban J connectivity index is 1.18. The molecule has 4 aromatic rings. The topological polar surface area (TPSA) is 124 Å². The van der Waals surface area contributed by atoms with Crippen LogP contribution in [-0.2, 0) is 9.53 Å². The van der Waals surface area contributed by atoms with Gasteiger partial charge < -0.3 is 30.6 Å². The van der Waals surface area contributed by atoms with E-state index in [0.29, 0.717) is 65.0 Å². The molecule has 0 aliphatic carbocycles. The zero-order valence-corrected chi connectivity index (χ0v) is 27.2. The molecule has 3 aromatic carbocycles. The van der Waals surface area contributed by atoms with Crippen molar-refractivity contribution in [2.75, 3.05) is 26.7 Å². The quantitative estimate of drug-likeness (QED) is 0.143. The molecular formula is C37H39F2N7O3. The molecule has 6 rings (SSSR count). The molecule has 0 unspecified atom stereocenters. The Kier molecular flexibility index (Phi) is 10.4. The van der Waals surface area contributed by atoms with E-state index in [0.717, 1.165) is 25.8 Å². The summed E-state index contributed by atoms with van der Waals surface area (Å²) in [5, 5.41) is 9.34. The Labute approximate surface area is 283 Å². The first kappa shape index (κ1) is 33.5. The summed E-state index contributed by atoms with van der Waals surface area (Å²) in [6.07, 6.45) is 5.87. The fourth-order valence-corrected chi connectivity index (χ4v) is 6.53. The number of aliphatic imine (C=N–C) groups is 1. The van der Waals surface area contributed by atoms with Crippen LogP contribution in [0.5, 0.6) is 0 Å². The third kappa shape index (κ3) is 7.54. The van der Waals surface area contributed by atoms with E-state index in [1.165, 1.54) is 25.4 Å². The van der Waals surface area contributed by atoms with Gasteiger partial charge in [-0.2, -0.15) is 0 Å². The Morgan fingerprint density at radius 2 is 1.86 bits per heavy atom. The van der Waals surface area contributed by atoms with Gasteiger partial charge in [0.25, 0.3) is 5.91 Å². The summed E-state index contributed by atoms with van der Waals surface area (Å²) in [5.41, 5.74) is 3.28. The Bertz CT molecular complexity index is 1840. The van der Waals surface area contributed by atoms with Gasteiger partial charge in [-0.1, -0.05) is 42.5 Å². The van der Waals surface area contributed by atoms with Crippen LogP contribution in [0.4, 0.5) is 13.6 Å². The van der Waals surface area contributed by atoms with E-state index in [-0.39, 0.29) is 11.5 Å². The van der Waals surface area contributed by atoms with E-state index in [1.807, 2.05) is 6.07 Å². The van der Waals surface area contributed by atoms with Crippen LogP contribution >= 0.6 is 0 Å². The van der Waals surface area contributed by atoms with Crippen LogP contribution in [-0.4, -0.2) is 66.4 Å². The molecule has 0 bridgehead atoms. The largest absolute Gasteiger partial charge is 0.453 e. The number of amides is 2. The van der Waals surface area contributed by atoms with Gasteiger partial charge in [-0.15, -0.1) is 0 Å². The number of aromatic amines is 1. The summed E-state index contributed by atoms with van der Waals surface area (Å²) >= 11 is 0. The van der Waals surface area contributed by atoms with Crippen LogP contribution in [0.25, 0.3) is 28.1 Å². The minimum Gasteiger partial charge on any atom is -0.453 e. The highest BCUT2D eigenvalue weighted by molar-refractivity contribution is 5.87. The van der Waals surface area contributed by atoms with Crippen molar-refractivity contribution in [3.8, 4) is 22.4 Å². The number of rotatable bonds is 11. The third-order valence-corrected chi connectivity index (χ3v) is 9.05. The molecule has 3 heterocycles. The Morgan fingerprint density at radius 1 is 1.08 bits per heavy atom. The summed E-state index contributed by atoms with van der Waals surface area (Å²) in [4.78, 5) is 39.2. The standard InChI is InChI=1S/C37H39F2N7O3/c1-40-21-31(42-20-26-10-6-16-41-26)27-14-12-24(18-29(27)38)25-13-15-28(30(39)19-25)32-22-43-35(44-32)33-11-7-17-46(33)36(47)34(45-37(48)49-2)23-8-4-3-5-9-23/h3-5,8-9,12-15,18-19,21-22,26,33-34,41-42H,1,6-7,10-11,16-17,20H2,2H3,(H,43,44)(H,45,48)/b31-21-/t26-,33-,34+/m0/s1. The van der Waals surface area contributed by atoms with Crippen LogP contribution in [0, 0.1) is 11.6 Å². The van der Waals surface area contributed by atoms with Crippen molar-refractivity contribution in [2.45, 2.75) is 43.8 Å². The number of halogens is 2. The zero-order chi connectivity index (χ0) is 34.3. The van der Waals surface area contributed by atoms with Crippen molar-refractivity contribution in [1.29, 1.82) is 0 Å². The smallest absolute Gasteiger partial charge is 0.407 e. The van der Waals surface area contributed by atoms with Crippen molar-refractivity contribution in [2.24, 2.45) is 4.99 Å². The van der Waals surface area contributed by atoms with E-state index in [9.17, 15) is 9.59 Å². The number of hydrogen-bond donors (Lipinski definition) is 4. The number of methoxy groups -OCH3 is 1. The van der Waals surface area contributed by atoms with Crippen molar-refractivity contribution in [3.63, 3.8) is 0 Å². The number of benzene rings is 3. The molecule has 12 heteroatoms. The van der Waals surface area contributed by atoms with Crippen LogP contribution in [0.1, 0.15) is 54.7 Å². The van der Waals surface area contributed by atoms with Crippen LogP contribution in [0.2, 0.25) is 0 Å². The summed E-state index contributed by atoms with van der Waals surface area (Å²) in [5.74, 6) is -0.753. The second kappa shape index (κ2) is 15.2. The Hall–Kier alpha value is -5.36. The lowest BCUT2D eigenvalue weighted by molar-refractivity contribution is -0.134. The molecule has 0 saturated carbocycles. The van der Waals surface area contributed by atoms with Gasteiger partial charge in [-0.05, 0) is 79.9 Å². The first-order chi connectivity index (χ1) is 23.9. The highest BCUT2D eigenvalue weighted by Crippen LogP contribution is 2.35. The lowest BCUT2D eigenvalue weighted by atomic mass is 10.00. The number of alkyl carbamates (subject to hydrolysis) is 1. The fourth-order valence-electron chi connectivity index (χ4n) is 6.53. The molecule has 0 radical (unpaired) electrons. The number of carbonyl (C=O) groups excluding carboxylic acids is 2. The van der Waals surface area contributed by atoms with Gasteiger partial charge in [0.2, 0.25) is 0 Å². The molecule has 0 spiro atoms. The first-order valence-corrected chi connectivity index (χ1v) is 16.3. The lowest BCUT2D eigenvalue weighted by Gasteiger charge is -2.28. The van der Waals surface area contributed by atoms with E-state index >= 15 is 8.78 Å². The van der Waals surface area contributed by atoms with Crippen molar-refractivity contribution in [3.05, 3.63) is 108 Å². The predicted octanol–water partition coefficient (Wildman–Crippen LogP) is 6.12. The second-order valence-corrected chi connectivity index (χ2v) is 12.1. The number of nitrogens with one attached hydrogen (secondary N) is 4. The van der Waals surface area contributed by atoms with Gasteiger partial charge in [0.1, 0.15) is 23.5 Å². The van der Waals surface area contributed by atoms with Gasteiger partial charge in [-0.3, -0.25) is 9.79 Å². The minimum atomic E-state index is -0.945. The molecule has 10 nitrogen and oxygen atoms in total. The number of H-pyrrole nitrogens is 1. The number of ether oxygens (including phenoxy) is 1. The molecule has 2 saturated heterocycles. The minimum absolute atomic E-state index is 0.289. The fraction of sp³-hybridized carbons (Fsp3) is 0.297. The molecule has 4 N–H and O–H groups in total. The first-order valence-electron chi connectivity index (χ1n) is 16.3. The third-order valence-electron chi connectivity index (χ3n) is 9.05. The number of nitrogens with zero attached hydrogens (tertiary/aromatic N) is 3. The SMILES string of the molecule is C=N/C=C(\NC[C@@H]1CCCN1)c1ccc(-c2ccc(-c3cnc([C@@H]4CCCN4C(=O)[C@H](NC(=O)OC)c4ccccc4)[nH]3)c(F)c2)cc1F. The predicted molar refractivity (Wildman–Crippen MR) is 184 cm³/mol. The molecule has 2 aliphatic rings. The molecule has 2 amide bonds. The van der Waals surface area contributed by atoms with Gasteiger partial charge in [0.15, 0.2) is 0 Å². The van der Waals surface area contributed by atoms with Gasteiger partial charge in [0, 0.05) is 36.5 Å². The Morgan fingerprint density at radius 3 is 2.55 bits per heavy atom.